The van der Waals surface area contributed by atoms with Gasteiger partial charge in [0.2, 0.25) is 5.16 Å². The minimum Gasteiger partial charge on any atom is -0.485 e. The fourth-order valence-corrected chi connectivity index (χ4v) is 3.27. The van der Waals surface area contributed by atoms with Gasteiger partial charge in [0, 0.05) is 11.8 Å². The topological polar surface area (TPSA) is 92.0 Å². The highest BCUT2D eigenvalue weighted by Crippen LogP contribution is 2.28. The van der Waals surface area contributed by atoms with E-state index in [-0.39, 0.29) is 6.61 Å². The number of nitrogens with two attached hydrogens (primary N) is 1. The summed E-state index contributed by atoms with van der Waals surface area (Å²) >= 11 is 1.45. The second kappa shape index (κ2) is 7.82. The van der Waals surface area contributed by atoms with Crippen molar-refractivity contribution in [3.63, 3.8) is 0 Å². The highest BCUT2D eigenvalue weighted by atomic mass is 32.2. The fraction of sp³-hybridized carbons (Fsp3) is 0.389. The molecule has 0 amide bonds. The monoisotopic (exact) mass is 373 g/mol. The van der Waals surface area contributed by atoms with E-state index in [9.17, 15) is 0 Å². The van der Waals surface area contributed by atoms with E-state index >= 15 is 0 Å². The minimum absolute atomic E-state index is 0.260. The van der Waals surface area contributed by atoms with Crippen molar-refractivity contribution in [1.29, 1.82) is 0 Å². The Morgan fingerprint density at radius 3 is 2.73 bits per heavy atom. The molecule has 3 rings (SSSR count). The SMILES string of the molecule is Cc1ccc(C(C)C)c(OCc2nnc(SCc3cc(C)on3)n2N)c1. The molecule has 0 bridgehead atoms. The van der Waals surface area contributed by atoms with E-state index in [2.05, 4.69) is 41.3 Å². The first kappa shape index (κ1) is 18.3. The summed E-state index contributed by atoms with van der Waals surface area (Å²) < 4.78 is 12.5. The predicted octanol–water partition coefficient (Wildman–Crippen LogP) is 3.59. The summed E-state index contributed by atoms with van der Waals surface area (Å²) in [7, 11) is 0. The van der Waals surface area contributed by atoms with Crippen LogP contribution in [0.4, 0.5) is 0 Å². The van der Waals surface area contributed by atoms with Gasteiger partial charge in [-0.05, 0) is 37.0 Å². The molecule has 8 heteroatoms. The van der Waals surface area contributed by atoms with Crippen LogP contribution in [0.5, 0.6) is 5.75 Å². The van der Waals surface area contributed by atoms with Gasteiger partial charge >= 0.3 is 0 Å². The standard InChI is InChI=1S/C18H23N5O2S/c1-11(2)15-6-5-12(3)7-16(15)24-9-17-20-21-18(23(17)19)26-10-14-8-13(4)25-22-14/h5-8,11H,9-10,19H2,1-4H3. The van der Waals surface area contributed by atoms with Gasteiger partial charge in [-0.1, -0.05) is 42.9 Å². The molecular weight excluding hydrogens is 350 g/mol. The van der Waals surface area contributed by atoms with E-state index in [4.69, 9.17) is 15.1 Å². The number of benzene rings is 1. The molecule has 2 heterocycles. The van der Waals surface area contributed by atoms with Gasteiger partial charge in [0.1, 0.15) is 18.1 Å². The number of thioether (sulfide) groups is 1. The maximum Gasteiger partial charge on any atom is 0.210 e. The summed E-state index contributed by atoms with van der Waals surface area (Å²) in [5, 5.41) is 12.8. The molecule has 0 saturated carbocycles. The van der Waals surface area contributed by atoms with Crippen LogP contribution in [0.2, 0.25) is 0 Å². The van der Waals surface area contributed by atoms with Crippen LogP contribution in [0.15, 0.2) is 33.9 Å². The lowest BCUT2D eigenvalue weighted by atomic mass is 10.0. The number of hydrogen-bond donors (Lipinski definition) is 1. The first-order valence-electron chi connectivity index (χ1n) is 8.41. The molecule has 1 aromatic carbocycles. The minimum atomic E-state index is 0.260. The molecule has 0 atom stereocenters. The number of rotatable bonds is 7. The number of ether oxygens (including phenoxy) is 1. The van der Waals surface area contributed by atoms with Crippen molar-refractivity contribution in [2.24, 2.45) is 0 Å². The van der Waals surface area contributed by atoms with Crippen LogP contribution < -0.4 is 10.6 Å². The summed E-state index contributed by atoms with van der Waals surface area (Å²) in [5.41, 5.74) is 3.15. The molecule has 26 heavy (non-hydrogen) atoms. The summed E-state index contributed by atoms with van der Waals surface area (Å²) in [6.45, 7) is 8.45. The van der Waals surface area contributed by atoms with Crippen LogP contribution in [0.25, 0.3) is 0 Å². The van der Waals surface area contributed by atoms with E-state index < -0.39 is 0 Å². The summed E-state index contributed by atoms with van der Waals surface area (Å²) in [6, 6.07) is 8.12. The van der Waals surface area contributed by atoms with Crippen molar-refractivity contribution in [2.45, 2.75) is 51.1 Å². The van der Waals surface area contributed by atoms with Crippen molar-refractivity contribution in [3.05, 3.63) is 52.7 Å². The molecular formula is C18H23N5O2S. The van der Waals surface area contributed by atoms with Gasteiger partial charge in [0.25, 0.3) is 0 Å². The molecule has 0 unspecified atom stereocenters. The third-order valence-electron chi connectivity index (χ3n) is 3.91. The molecule has 7 nitrogen and oxygen atoms in total. The Kier molecular flexibility index (Phi) is 5.51. The average Bonchev–Trinajstić information content (AvgIpc) is 3.16. The van der Waals surface area contributed by atoms with Crippen molar-refractivity contribution < 1.29 is 9.26 Å². The number of nitrogen functional groups attached to an aromatic ring is 1. The lowest BCUT2D eigenvalue weighted by molar-refractivity contribution is 0.287. The Morgan fingerprint density at radius 2 is 2.04 bits per heavy atom. The molecule has 0 aliphatic carbocycles. The van der Waals surface area contributed by atoms with Crippen LogP contribution in [-0.4, -0.2) is 20.0 Å². The highest BCUT2D eigenvalue weighted by molar-refractivity contribution is 7.98. The third-order valence-corrected chi connectivity index (χ3v) is 4.89. The van der Waals surface area contributed by atoms with Crippen molar-refractivity contribution >= 4 is 11.8 Å². The maximum absolute atomic E-state index is 6.11. The molecule has 0 saturated heterocycles. The molecule has 0 spiro atoms. The van der Waals surface area contributed by atoms with Gasteiger partial charge < -0.3 is 15.1 Å². The molecule has 138 valence electrons. The van der Waals surface area contributed by atoms with Gasteiger partial charge in [0.05, 0.1) is 5.69 Å². The van der Waals surface area contributed by atoms with Gasteiger partial charge in [0.15, 0.2) is 5.82 Å². The zero-order valence-corrected chi connectivity index (χ0v) is 16.2. The van der Waals surface area contributed by atoms with Crippen LogP contribution in [0, 0.1) is 13.8 Å². The quantitative estimate of drug-likeness (QED) is 0.500. The molecule has 0 fully saturated rings. The third kappa shape index (κ3) is 4.19. The Morgan fingerprint density at radius 1 is 1.23 bits per heavy atom. The molecule has 0 radical (unpaired) electrons. The Bertz CT molecular complexity index is 888. The Hall–Kier alpha value is -2.48. The fourth-order valence-electron chi connectivity index (χ4n) is 2.51. The van der Waals surface area contributed by atoms with Crippen LogP contribution in [0.3, 0.4) is 0 Å². The first-order chi connectivity index (χ1) is 12.4. The van der Waals surface area contributed by atoms with Gasteiger partial charge in [-0.3, -0.25) is 0 Å². The average molecular weight is 373 g/mol. The number of hydrogen-bond acceptors (Lipinski definition) is 7. The summed E-state index contributed by atoms with van der Waals surface area (Å²) in [4.78, 5) is 0. The smallest absolute Gasteiger partial charge is 0.210 e. The zero-order chi connectivity index (χ0) is 18.7. The van der Waals surface area contributed by atoms with Gasteiger partial charge in [-0.25, -0.2) is 4.68 Å². The number of aryl methyl sites for hydroxylation is 2. The van der Waals surface area contributed by atoms with Crippen LogP contribution in [-0.2, 0) is 12.4 Å². The van der Waals surface area contributed by atoms with Crippen molar-refractivity contribution in [2.75, 3.05) is 5.84 Å². The molecule has 2 N–H and O–H groups in total. The predicted molar refractivity (Wildman–Crippen MR) is 101 cm³/mol. The lowest BCUT2D eigenvalue weighted by Gasteiger charge is -2.14. The van der Waals surface area contributed by atoms with Gasteiger partial charge in [-0.15, -0.1) is 10.2 Å². The lowest BCUT2D eigenvalue weighted by Crippen LogP contribution is -2.16. The second-order valence-electron chi connectivity index (χ2n) is 6.47. The van der Waals surface area contributed by atoms with Gasteiger partial charge in [-0.2, -0.15) is 0 Å². The molecule has 0 aliphatic rings. The Balaban J connectivity index is 1.66. The largest absolute Gasteiger partial charge is 0.485 e. The number of aromatic nitrogens is 4. The van der Waals surface area contributed by atoms with Crippen LogP contribution >= 0.6 is 11.8 Å². The normalized spacial score (nSPS) is 11.3. The summed E-state index contributed by atoms with van der Waals surface area (Å²) in [5.74, 6) is 9.31. The van der Waals surface area contributed by atoms with E-state index in [0.29, 0.717) is 22.7 Å². The Labute approximate surface area is 156 Å². The number of nitrogens with zero attached hydrogens (tertiary/aromatic N) is 4. The van der Waals surface area contributed by atoms with Crippen molar-refractivity contribution in [1.82, 2.24) is 20.0 Å². The van der Waals surface area contributed by atoms with E-state index in [0.717, 1.165) is 28.3 Å². The molecule has 2 aromatic heterocycles. The maximum atomic E-state index is 6.11. The summed E-state index contributed by atoms with van der Waals surface area (Å²) in [6.07, 6.45) is 0. The highest BCUT2D eigenvalue weighted by Gasteiger charge is 2.14. The van der Waals surface area contributed by atoms with Crippen molar-refractivity contribution in [3.8, 4) is 5.75 Å². The van der Waals surface area contributed by atoms with Crippen LogP contribution in [0.1, 0.15) is 48.2 Å². The van der Waals surface area contributed by atoms with E-state index in [1.54, 1.807) is 0 Å². The molecule has 0 aliphatic heterocycles. The zero-order valence-electron chi connectivity index (χ0n) is 15.4. The van der Waals surface area contributed by atoms with E-state index in [1.807, 2.05) is 26.0 Å². The van der Waals surface area contributed by atoms with E-state index in [1.165, 1.54) is 16.4 Å². The first-order valence-corrected chi connectivity index (χ1v) is 9.40. The second-order valence-corrected chi connectivity index (χ2v) is 7.41. The molecule has 3 aromatic rings.